The predicted molar refractivity (Wildman–Crippen MR) is 89.0 cm³/mol. The van der Waals surface area contributed by atoms with Crippen LogP contribution in [0.1, 0.15) is 26.3 Å². The number of anilines is 1. The van der Waals surface area contributed by atoms with E-state index in [9.17, 15) is 4.79 Å². The van der Waals surface area contributed by atoms with Gasteiger partial charge >= 0.3 is 6.03 Å². The van der Waals surface area contributed by atoms with Crippen molar-refractivity contribution in [2.45, 2.75) is 33.4 Å². The number of hydrogen-bond acceptors (Lipinski definition) is 3. The smallest absolute Gasteiger partial charge is 0.319 e. The zero-order chi connectivity index (χ0) is 15.9. The van der Waals surface area contributed by atoms with Crippen LogP contribution in [0.4, 0.5) is 10.5 Å². The van der Waals surface area contributed by atoms with E-state index in [2.05, 4.69) is 35.4 Å². The van der Waals surface area contributed by atoms with Crippen LogP contribution in [0.25, 0.3) is 0 Å². The molecule has 2 N–H and O–H groups in total. The molecule has 0 aliphatic carbocycles. The van der Waals surface area contributed by atoms with Crippen LogP contribution in [-0.4, -0.2) is 43.3 Å². The Morgan fingerprint density at radius 3 is 2.59 bits per heavy atom. The summed E-state index contributed by atoms with van der Waals surface area (Å²) in [6, 6.07) is 7.98. The van der Waals surface area contributed by atoms with E-state index in [1.165, 1.54) is 0 Å². The Bertz CT molecular complexity index is 485. The quantitative estimate of drug-likeness (QED) is 0.879. The van der Waals surface area contributed by atoms with Crippen LogP contribution in [0.15, 0.2) is 24.3 Å². The zero-order valence-electron chi connectivity index (χ0n) is 13.8. The average Bonchev–Trinajstić information content (AvgIpc) is 2.50. The molecule has 5 nitrogen and oxygen atoms in total. The Hall–Kier alpha value is -1.59. The van der Waals surface area contributed by atoms with Gasteiger partial charge in [-0.05, 0) is 24.5 Å². The Kier molecular flexibility index (Phi) is 6.21. The van der Waals surface area contributed by atoms with Gasteiger partial charge in [0.05, 0.1) is 13.2 Å². The highest BCUT2D eigenvalue weighted by Crippen LogP contribution is 2.18. The Morgan fingerprint density at radius 2 is 1.91 bits per heavy atom. The number of carbonyl (C=O) groups excluding carboxylic acids is 1. The second kappa shape index (κ2) is 8.15. The molecular weight excluding hydrogens is 278 g/mol. The fourth-order valence-electron chi connectivity index (χ4n) is 2.31. The molecule has 1 saturated heterocycles. The Morgan fingerprint density at radius 1 is 1.23 bits per heavy atom. The molecule has 1 heterocycles. The van der Waals surface area contributed by atoms with Crippen molar-refractivity contribution in [3.63, 3.8) is 0 Å². The first kappa shape index (κ1) is 16.8. The van der Waals surface area contributed by atoms with E-state index >= 15 is 0 Å². The minimum absolute atomic E-state index is 0.143. The molecule has 1 fully saturated rings. The molecule has 2 amide bonds. The number of hydrogen-bond donors (Lipinski definition) is 2. The number of urea groups is 1. The molecule has 0 bridgehead atoms. The third-order valence-electron chi connectivity index (χ3n) is 4.12. The molecule has 122 valence electrons. The predicted octanol–water partition coefficient (Wildman–Crippen LogP) is 2.68. The number of para-hydroxylation sites is 1. The maximum atomic E-state index is 12.1. The van der Waals surface area contributed by atoms with Crippen molar-refractivity contribution >= 4 is 11.7 Å². The second-order valence-corrected chi connectivity index (χ2v) is 6.18. The Balaban J connectivity index is 1.96. The van der Waals surface area contributed by atoms with Crippen LogP contribution in [-0.2, 0) is 11.3 Å². The number of nitrogens with one attached hydrogen (secondary N) is 2. The fourth-order valence-corrected chi connectivity index (χ4v) is 2.31. The SMILES string of the molecule is CC(C)[C@@H](C)NC(=O)Nc1ccccc1CN1CCOCC1. The molecule has 0 saturated carbocycles. The van der Waals surface area contributed by atoms with Gasteiger partial charge < -0.3 is 15.4 Å². The van der Waals surface area contributed by atoms with Crippen LogP contribution >= 0.6 is 0 Å². The van der Waals surface area contributed by atoms with Crippen LogP contribution < -0.4 is 10.6 Å². The minimum atomic E-state index is -0.143. The summed E-state index contributed by atoms with van der Waals surface area (Å²) in [7, 11) is 0. The molecule has 0 unspecified atom stereocenters. The van der Waals surface area contributed by atoms with Crippen LogP contribution in [0, 0.1) is 5.92 Å². The van der Waals surface area contributed by atoms with Gasteiger partial charge in [-0.15, -0.1) is 0 Å². The van der Waals surface area contributed by atoms with E-state index in [-0.39, 0.29) is 12.1 Å². The average molecular weight is 305 g/mol. The number of ether oxygens (including phenoxy) is 1. The van der Waals surface area contributed by atoms with Gasteiger partial charge in [0.25, 0.3) is 0 Å². The molecule has 0 spiro atoms. The second-order valence-electron chi connectivity index (χ2n) is 6.18. The Labute approximate surface area is 133 Å². The van der Waals surface area contributed by atoms with E-state index in [1.807, 2.05) is 25.1 Å². The van der Waals surface area contributed by atoms with E-state index in [0.717, 1.165) is 44.1 Å². The largest absolute Gasteiger partial charge is 0.379 e. The molecule has 22 heavy (non-hydrogen) atoms. The first-order chi connectivity index (χ1) is 10.6. The van der Waals surface area contributed by atoms with Crippen molar-refractivity contribution in [3.05, 3.63) is 29.8 Å². The van der Waals surface area contributed by atoms with Gasteiger partial charge in [0.1, 0.15) is 0 Å². The number of amides is 2. The summed E-state index contributed by atoms with van der Waals surface area (Å²) >= 11 is 0. The number of nitrogens with zero attached hydrogens (tertiary/aromatic N) is 1. The number of rotatable bonds is 5. The molecule has 0 aromatic heterocycles. The molecule has 1 atom stereocenters. The van der Waals surface area contributed by atoms with E-state index in [0.29, 0.717) is 5.92 Å². The molecule has 5 heteroatoms. The van der Waals surface area contributed by atoms with Crippen molar-refractivity contribution in [2.24, 2.45) is 5.92 Å². The lowest BCUT2D eigenvalue weighted by Gasteiger charge is -2.27. The normalized spacial score (nSPS) is 17.3. The molecule has 1 aromatic carbocycles. The number of morpholine rings is 1. The van der Waals surface area contributed by atoms with E-state index in [1.54, 1.807) is 0 Å². The highest BCUT2D eigenvalue weighted by molar-refractivity contribution is 5.90. The minimum Gasteiger partial charge on any atom is -0.379 e. The summed E-state index contributed by atoms with van der Waals surface area (Å²) in [4.78, 5) is 14.5. The van der Waals surface area contributed by atoms with Crippen molar-refractivity contribution in [1.82, 2.24) is 10.2 Å². The lowest BCUT2D eigenvalue weighted by Crippen LogP contribution is -2.39. The third kappa shape index (κ3) is 5.00. The van der Waals surface area contributed by atoms with Gasteiger partial charge in [0.15, 0.2) is 0 Å². The lowest BCUT2D eigenvalue weighted by atomic mass is 10.1. The summed E-state index contributed by atoms with van der Waals surface area (Å²) in [6.45, 7) is 10.5. The maximum Gasteiger partial charge on any atom is 0.319 e. The van der Waals surface area contributed by atoms with Crippen molar-refractivity contribution in [1.29, 1.82) is 0 Å². The highest BCUT2D eigenvalue weighted by Gasteiger charge is 2.15. The summed E-state index contributed by atoms with van der Waals surface area (Å²) in [5, 5.41) is 5.95. The van der Waals surface area contributed by atoms with Gasteiger partial charge in [0, 0.05) is 31.4 Å². The van der Waals surface area contributed by atoms with Gasteiger partial charge in [-0.1, -0.05) is 32.0 Å². The summed E-state index contributed by atoms with van der Waals surface area (Å²) in [5.41, 5.74) is 2.01. The van der Waals surface area contributed by atoms with Gasteiger partial charge in [0.2, 0.25) is 0 Å². The molecule has 0 radical (unpaired) electrons. The highest BCUT2D eigenvalue weighted by atomic mass is 16.5. The third-order valence-corrected chi connectivity index (χ3v) is 4.12. The summed E-state index contributed by atoms with van der Waals surface area (Å²) in [6.07, 6.45) is 0. The van der Waals surface area contributed by atoms with Crippen molar-refractivity contribution < 1.29 is 9.53 Å². The van der Waals surface area contributed by atoms with Gasteiger partial charge in [-0.2, -0.15) is 0 Å². The van der Waals surface area contributed by atoms with Crippen molar-refractivity contribution in [2.75, 3.05) is 31.6 Å². The molecule has 1 aliphatic rings. The number of carbonyl (C=O) groups is 1. The standard InChI is InChI=1S/C17H27N3O2/c1-13(2)14(3)18-17(21)19-16-7-5-4-6-15(16)12-20-8-10-22-11-9-20/h4-7,13-14H,8-12H2,1-3H3,(H2,18,19,21)/t14-/m1/s1. The van der Waals surface area contributed by atoms with E-state index < -0.39 is 0 Å². The number of benzene rings is 1. The lowest BCUT2D eigenvalue weighted by molar-refractivity contribution is 0.0343. The first-order valence-corrected chi connectivity index (χ1v) is 8.02. The molecule has 2 rings (SSSR count). The van der Waals surface area contributed by atoms with Crippen molar-refractivity contribution in [3.8, 4) is 0 Å². The topological polar surface area (TPSA) is 53.6 Å². The van der Waals surface area contributed by atoms with Gasteiger partial charge in [-0.25, -0.2) is 4.79 Å². The summed E-state index contributed by atoms with van der Waals surface area (Å²) < 4.78 is 5.38. The molecular formula is C17H27N3O2. The van der Waals surface area contributed by atoms with Crippen LogP contribution in [0.5, 0.6) is 0 Å². The monoisotopic (exact) mass is 305 g/mol. The molecule has 1 aliphatic heterocycles. The van der Waals surface area contributed by atoms with Crippen LogP contribution in [0.3, 0.4) is 0 Å². The zero-order valence-corrected chi connectivity index (χ0v) is 13.8. The fraction of sp³-hybridized carbons (Fsp3) is 0.588. The molecule has 1 aromatic rings. The first-order valence-electron chi connectivity index (χ1n) is 8.02. The maximum absolute atomic E-state index is 12.1. The van der Waals surface area contributed by atoms with E-state index in [4.69, 9.17) is 4.74 Å². The van der Waals surface area contributed by atoms with Crippen LogP contribution in [0.2, 0.25) is 0 Å². The summed E-state index contributed by atoms with van der Waals surface area (Å²) in [5.74, 6) is 0.411. The van der Waals surface area contributed by atoms with Gasteiger partial charge in [-0.3, -0.25) is 4.90 Å².